The van der Waals surface area contributed by atoms with Gasteiger partial charge in [-0.1, -0.05) is 35.6 Å². The van der Waals surface area contributed by atoms with Crippen LogP contribution in [0.3, 0.4) is 0 Å². The van der Waals surface area contributed by atoms with Crippen LogP contribution in [0.25, 0.3) is 21.9 Å². The number of phenolic OH excluding ortho intramolecular Hbond substituents is 1. The number of fused-ring (bicyclic) bond motifs is 1. The number of Topliss-reactive ketones (excluding diaryl/α,β-unsaturated/α-hetero) is 1. The maximum atomic E-state index is 13.1. The molecule has 74 heavy (non-hydrogen) atoms. The summed E-state index contributed by atoms with van der Waals surface area (Å²) in [5.74, 6) is -0.676. The van der Waals surface area contributed by atoms with E-state index in [1.165, 1.54) is 6.07 Å². The second-order valence-corrected chi connectivity index (χ2v) is 22.1. The summed E-state index contributed by atoms with van der Waals surface area (Å²) in [6, 6.07) is 13.9. The van der Waals surface area contributed by atoms with E-state index in [0.717, 1.165) is 28.3 Å². The van der Waals surface area contributed by atoms with E-state index in [0.29, 0.717) is 103 Å². The first-order valence-corrected chi connectivity index (χ1v) is 28.6. The Balaban J connectivity index is 0.947. The Morgan fingerprint density at radius 3 is 1.80 bits per heavy atom. The van der Waals surface area contributed by atoms with E-state index in [9.17, 15) is 40.7 Å². The van der Waals surface area contributed by atoms with Crippen LogP contribution in [0.5, 0.6) is 5.75 Å². The summed E-state index contributed by atoms with van der Waals surface area (Å²) in [7, 11) is -8.46. The van der Waals surface area contributed by atoms with E-state index in [2.05, 4.69) is 20.6 Å². The number of methoxy groups -OCH3 is 1. The Bertz CT molecular complexity index is 2840. The number of nitrogens with zero attached hydrogens (tertiary/aromatic N) is 5. The first-order valence-electron chi connectivity index (χ1n) is 23.2. The van der Waals surface area contributed by atoms with Crippen molar-refractivity contribution >= 4 is 72.4 Å². The van der Waals surface area contributed by atoms with Crippen LogP contribution in [0.4, 0.5) is 17.1 Å². The molecule has 1 aliphatic rings. The molecule has 0 fully saturated rings. The number of carbonyl (C=O) groups is 1. The maximum absolute atomic E-state index is 13.1. The predicted octanol–water partition coefficient (Wildman–Crippen LogP) is 6.22. The molecule has 24 nitrogen and oxygen atoms in total. The summed E-state index contributed by atoms with van der Waals surface area (Å²) in [6.07, 6.45) is 1.07. The highest BCUT2D eigenvalue weighted by Crippen LogP contribution is 2.45. The predicted molar refractivity (Wildman–Crippen MR) is 274 cm³/mol. The molecule has 4 aromatic carbocycles. The molecule has 0 bridgehead atoms. The number of nitrogens with two attached hydrogens (primary N) is 1. The Morgan fingerprint density at radius 1 is 0.730 bits per heavy atom. The van der Waals surface area contributed by atoms with Crippen LogP contribution in [0.15, 0.2) is 85.0 Å². The van der Waals surface area contributed by atoms with Crippen LogP contribution in [-0.2, 0) is 85.5 Å². The highest BCUT2D eigenvalue weighted by Gasteiger charge is 2.27. The zero-order valence-corrected chi connectivity index (χ0v) is 44.5. The number of nitrogen functional groups attached to an aromatic ring is 1. The molecule has 6 N–H and O–H groups in total. The number of hydrogen-bond donors (Lipinski definition) is 5. The van der Waals surface area contributed by atoms with Crippen molar-refractivity contribution in [1.29, 1.82) is 0 Å². The normalized spacial score (nSPS) is 14.9. The summed E-state index contributed by atoms with van der Waals surface area (Å²) in [5, 5.41) is 28.6. The van der Waals surface area contributed by atoms with Gasteiger partial charge in [-0.15, -0.1) is 5.11 Å². The molecular formula is C46H63N6O18PS3. The number of aromatic hydroxyl groups is 1. The minimum absolute atomic E-state index is 0.00360. The van der Waals surface area contributed by atoms with Gasteiger partial charge in [-0.2, -0.15) is 27.1 Å². The number of hydrogen-bond acceptors (Lipinski definition) is 22. The average Bonchev–Trinajstić information content (AvgIpc) is 3.80. The molecule has 0 spiro atoms. The third kappa shape index (κ3) is 19.6. The molecule has 0 saturated carbocycles. The number of aryl methyl sites for hydroxylation is 2. The van der Waals surface area contributed by atoms with Gasteiger partial charge in [-0.3, -0.25) is 18.9 Å². The topological polar surface area (TPSA) is 328 Å². The van der Waals surface area contributed by atoms with Gasteiger partial charge in [-0.05, 0) is 84.2 Å². The smallest absolute Gasteiger partial charge is 0.324 e. The van der Waals surface area contributed by atoms with Gasteiger partial charge in [-0.25, -0.2) is 0 Å². The largest absolute Gasteiger partial charge is 0.505 e. The van der Waals surface area contributed by atoms with E-state index < -0.39 is 53.6 Å². The van der Waals surface area contributed by atoms with Crippen LogP contribution in [0, 0.1) is 13.8 Å². The van der Waals surface area contributed by atoms with Gasteiger partial charge in [0.2, 0.25) is 0 Å². The Morgan fingerprint density at radius 2 is 1.24 bits per heavy atom. The molecule has 408 valence electrons. The fourth-order valence-electron chi connectivity index (χ4n) is 7.16. The Hall–Kier alpha value is -4.52. The van der Waals surface area contributed by atoms with Crippen LogP contribution in [0.1, 0.15) is 29.5 Å². The van der Waals surface area contributed by atoms with Crippen molar-refractivity contribution in [2.75, 3.05) is 119 Å². The van der Waals surface area contributed by atoms with Gasteiger partial charge in [0.25, 0.3) is 20.2 Å². The van der Waals surface area contributed by atoms with Crippen molar-refractivity contribution in [3.8, 4) is 16.9 Å². The lowest BCUT2D eigenvalue weighted by Gasteiger charge is -2.17. The lowest BCUT2D eigenvalue weighted by molar-refractivity contribution is -0.118. The van der Waals surface area contributed by atoms with Gasteiger partial charge in [0, 0.05) is 25.3 Å². The summed E-state index contributed by atoms with van der Waals surface area (Å²) in [4.78, 5) is 21.4. The fourth-order valence-corrected chi connectivity index (χ4v) is 9.73. The summed E-state index contributed by atoms with van der Waals surface area (Å²) >= 11 is 5.05. The Kier molecular flexibility index (Phi) is 24.2. The third-order valence-corrected chi connectivity index (χ3v) is 14.4. The highest BCUT2D eigenvalue weighted by molar-refractivity contribution is 8.07. The molecule has 0 saturated heterocycles. The van der Waals surface area contributed by atoms with Gasteiger partial charge in [0.1, 0.15) is 28.0 Å². The summed E-state index contributed by atoms with van der Waals surface area (Å²) in [6.45, 7) is 5.79. The monoisotopic (exact) mass is 1110 g/mol. The molecular weight excluding hydrogens is 1050 g/mol. The molecule has 0 radical (unpaired) electrons. The van der Waals surface area contributed by atoms with Crippen molar-refractivity contribution in [1.82, 2.24) is 5.01 Å². The third-order valence-electron chi connectivity index (χ3n) is 10.9. The van der Waals surface area contributed by atoms with E-state index in [4.69, 9.17) is 59.7 Å². The maximum Gasteiger partial charge on any atom is 0.324 e. The van der Waals surface area contributed by atoms with Crippen LogP contribution in [-0.4, -0.2) is 166 Å². The SMILES string of the molecule is COCCOCCOCCOCCOCCOCCOP(O)(=S)OCCOCN1CC(CCC(=O)Cc2ccc(-c3ccc(N=Nc4ccc5c(S(=O)(=O)O)cc(S(=O)(=O)O)c(N)c5c4O)c(C)c3)cc2C)N=N1. The number of ether oxygens (including phenoxy) is 7. The zero-order chi connectivity index (χ0) is 53.7. The highest BCUT2D eigenvalue weighted by atomic mass is 32.5. The first kappa shape index (κ1) is 60.3. The average molecular weight is 1120 g/mol. The summed E-state index contributed by atoms with van der Waals surface area (Å²) in [5.41, 5.74) is 9.74. The molecule has 4 aromatic rings. The molecule has 1 aliphatic heterocycles. The number of ketones is 1. The number of anilines is 1. The van der Waals surface area contributed by atoms with Crippen LogP contribution < -0.4 is 5.73 Å². The van der Waals surface area contributed by atoms with Gasteiger partial charge in [0.05, 0.1) is 122 Å². The second-order valence-electron chi connectivity index (χ2n) is 16.5. The minimum atomic E-state index is -5.07. The molecule has 0 amide bonds. The number of azo groups is 1. The zero-order valence-electron chi connectivity index (χ0n) is 41.2. The second kappa shape index (κ2) is 29.7. The van der Waals surface area contributed by atoms with Crippen molar-refractivity contribution < 1.29 is 82.9 Å². The lowest BCUT2D eigenvalue weighted by Crippen LogP contribution is -2.25. The van der Waals surface area contributed by atoms with Gasteiger partial charge < -0.3 is 57.9 Å². The van der Waals surface area contributed by atoms with Crippen LogP contribution in [0.2, 0.25) is 0 Å². The lowest BCUT2D eigenvalue weighted by atomic mass is 9.95. The molecule has 5 rings (SSSR count). The van der Waals surface area contributed by atoms with Crippen molar-refractivity contribution in [2.45, 2.75) is 48.9 Å². The summed E-state index contributed by atoms with van der Waals surface area (Å²) < 4.78 is 116. The van der Waals surface area contributed by atoms with Gasteiger partial charge in [0.15, 0.2) is 5.75 Å². The minimum Gasteiger partial charge on any atom is -0.505 e. The fraction of sp³-hybridized carbons (Fsp3) is 0.500. The number of rotatable bonds is 35. The van der Waals surface area contributed by atoms with E-state index in [1.54, 1.807) is 25.1 Å². The number of phenols is 1. The number of benzene rings is 4. The molecule has 28 heteroatoms. The molecule has 0 aliphatic carbocycles. The van der Waals surface area contributed by atoms with E-state index in [-0.39, 0.29) is 62.5 Å². The van der Waals surface area contributed by atoms with E-state index in [1.807, 2.05) is 37.3 Å². The molecule has 2 atom stereocenters. The number of carbonyl (C=O) groups excluding carboxylic acids is 1. The molecule has 1 heterocycles. The van der Waals surface area contributed by atoms with Crippen molar-refractivity contribution in [3.05, 3.63) is 71.3 Å². The Labute approximate surface area is 434 Å². The molecule has 0 aromatic heterocycles. The standard InChI is InChI=1S/C46H63N6O18PS3/c1-32-26-35(36-6-10-40(33(2)27-36)49-50-41-11-9-39-42(73(56,57)58)29-43(74(59,60)61)45(47)44(39)46(41)54)5-4-34(32)28-38(53)8-7-37-30-52(51-48-37)31-68-23-25-70-71(55,72)69-24-22-67-21-20-66-19-18-65-17-16-64-15-14-63-13-12-62-3/h4-6,9-11,26-27,29,37,54H,7-8,12-25,28,30-31,47H2,1-3H3,(H,55,72)(H,56,57,58)(H,59,60,61). The van der Waals surface area contributed by atoms with E-state index >= 15 is 0 Å². The quantitative estimate of drug-likeness (QED) is 0.0112. The van der Waals surface area contributed by atoms with Crippen molar-refractivity contribution in [3.63, 3.8) is 0 Å². The van der Waals surface area contributed by atoms with Crippen molar-refractivity contribution in [2.24, 2.45) is 20.6 Å². The first-order chi connectivity index (χ1) is 35.3. The molecule has 2 unspecified atom stereocenters. The van der Waals surface area contributed by atoms with Crippen LogP contribution >= 0.6 is 6.72 Å². The van der Waals surface area contributed by atoms with Gasteiger partial charge >= 0.3 is 6.72 Å².